The predicted molar refractivity (Wildman–Crippen MR) is 48.4 cm³/mol. The van der Waals surface area contributed by atoms with Gasteiger partial charge in [0.1, 0.15) is 0 Å². The summed E-state index contributed by atoms with van der Waals surface area (Å²) in [5.41, 5.74) is 0.627. The molecule has 0 saturated carbocycles. The third-order valence-electron chi connectivity index (χ3n) is 1.67. The molecular formula is C9H10N2O3. The first-order valence-electron chi connectivity index (χ1n) is 4.06. The number of nitrogens with zero attached hydrogens (tertiary/aromatic N) is 1. The fraction of sp³-hybridized carbons (Fsp3) is 0.222. The van der Waals surface area contributed by atoms with Gasteiger partial charge in [0, 0.05) is 6.20 Å². The molecule has 0 fully saturated rings. The molecule has 0 bridgehead atoms. The highest BCUT2D eigenvalue weighted by Crippen LogP contribution is 2.06. The Balaban J connectivity index is 2.64. The summed E-state index contributed by atoms with van der Waals surface area (Å²) in [4.78, 5) is 25.0. The van der Waals surface area contributed by atoms with Crippen molar-refractivity contribution < 1.29 is 14.7 Å². The van der Waals surface area contributed by atoms with E-state index >= 15 is 0 Å². The van der Waals surface area contributed by atoms with E-state index in [2.05, 4.69) is 10.3 Å². The molecule has 1 amide bonds. The van der Waals surface area contributed by atoms with Gasteiger partial charge < -0.3 is 10.4 Å². The Hall–Kier alpha value is -1.91. The van der Waals surface area contributed by atoms with Gasteiger partial charge in [-0.25, -0.2) is 4.79 Å². The van der Waals surface area contributed by atoms with Crippen molar-refractivity contribution in [3.8, 4) is 0 Å². The van der Waals surface area contributed by atoms with Crippen molar-refractivity contribution in [2.75, 3.05) is 0 Å². The molecule has 1 rings (SSSR count). The lowest BCUT2D eigenvalue weighted by Gasteiger charge is -2.10. The maximum atomic E-state index is 10.8. The number of nitrogens with one attached hydrogen (secondary N) is 1. The Morgan fingerprint density at radius 1 is 1.50 bits per heavy atom. The van der Waals surface area contributed by atoms with Crippen LogP contribution in [0.25, 0.3) is 0 Å². The van der Waals surface area contributed by atoms with E-state index in [1.807, 2.05) is 0 Å². The van der Waals surface area contributed by atoms with E-state index in [0.29, 0.717) is 5.69 Å². The zero-order valence-electron chi connectivity index (χ0n) is 7.60. The topological polar surface area (TPSA) is 79.3 Å². The summed E-state index contributed by atoms with van der Waals surface area (Å²) in [6, 6.07) is 4.83. The molecule has 0 aromatic carbocycles. The van der Waals surface area contributed by atoms with Crippen molar-refractivity contribution in [3.63, 3.8) is 0 Å². The molecule has 1 atom stereocenters. The van der Waals surface area contributed by atoms with Gasteiger partial charge in [-0.1, -0.05) is 6.07 Å². The second-order valence-corrected chi connectivity index (χ2v) is 2.75. The lowest BCUT2D eigenvalue weighted by Crippen LogP contribution is -2.33. The van der Waals surface area contributed by atoms with Gasteiger partial charge in [-0.05, 0) is 19.1 Å². The normalized spacial score (nSPS) is 11.8. The van der Waals surface area contributed by atoms with Gasteiger partial charge in [-0.2, -0.15) is 0 Å². The number of carboxylic acid groups (broad SMARTS) is 1. The molecule has 74 valence electrons. The second kappa shape index (κ2) is 4.36. The molecule has 1 aromatic rings. The van der Waals surface area contributed by atoms with E-state index in [1.54, 1.807) is 31.3 Å². The standard InChI is InChI=1S/C9H10N2O3/c1-6(11-8(12)9(13)14)7-4-2-3-5-10-7/h2-6H,1H3,(H,11,12)(H,13,14)/t6-/m0/s1. The quantitative estimate of drug-likeness (QED) is 0.665. The van der Waals surface area contributed by atoms with Crippen LogP contribution in [0.15, 0.2) is 24.4 Å². The van der Waals surface area contributed by atoms with Gasteiger partial charge >= 0.3 is 11.9 Å². The minimum Gasteiger partial charge on any atom is -0.474 e. The Kier molecular flexibility index (Phi) is 3.17. The van der Waals surface area contributed by atoms with Gasteiger partial charge in [0.2, 0.25) is 0 Å². The van der Waals surface area contributed by atoms with Crippen molar-refractivity contribution >= 4 is 11.9 Å². The zero-order valence-corrected chi connectivity index (χ0v) is 7.60. The summed E-state index contributed by atoms with van der Waals surface area (Å²) in [6.07, 6.45) is 1.58. The number of rotatable bonds is 2. The van der Waals surface area contributed by atoms with Crippen LogP contribution in [0.2, 0.25) is 0 Å². The number of hydrogen-bond donors (Lipinski definition) is 2. The van der Waals surface area contributed by atoms with E-state index in [9.17, 15) is 9.59 Å². The highest BCUT2D eigenvalue weighted by molar-refractivity contribution is 6.31. The molecule has 14 heavy (non-hydrogen) atoms. The van der Waals surface area contributed by atoms with Crippen molar-refractivity contribution in [1.29, 1.82) is 0 Å². The fourth-order valence-corrected chi connectivity index (χ4v) is 0.964. The summed E-state index contributed by atoms with van der Waals surface area (Å²) in [5, 5.41) is 10.6. The molecule has 0 aliphatic heterocycles. The molecule has 0 unspecified atom stereocenters. The minimum absolute atomic E-state index is 0.403. The smallest absolute Gasteiger partial charge is 0.394 e. The Morgan fingerprint density at radius 3 is 2.71 bits per heavy atom. The molecular weight excluding hydrogens is 184 g/mol. The van der Waals surface area contributed by atoms with Crippen molar-refractivity contribution in [3.05, 3.63) is 30.1 Å². The average Bonchev–Trinajstić information content (AvgIpc) is 2.19. The molecule has 0 radical (unpaired) electrons. The molecule has 0 saturated heterocycles. The maximum absolute atomic E-state index is 10.8. The fourth-order valence-electron chi connectivity index (χ4n) is 0.964. The van der Waals surface area contributed by atoms with Crippen LogP contribution in [-0.4, -0.2) is 22.0 Å². The van der Waals surface area contributed by atoms with Crippen LogP contribution in [0.3, 0.4) is 0 Å². The summed E-state index contributed by atoms with van der Waals surface area (Å²) in [6.45, 7) is 1.67. The van der Waals surface area contributed by atoms with Crippen molar-refractivity contribution in [2.24, 2.45) is 0 Å². The maximum Gasteiger partial charge on any atom is 0.394 e. The summed E-state index contributed by atoms with van der Waals surface area (Å²) in [5.74, 6) is -2.52. The molecule has 0 aliphatic carbocycles. The number of amides is 1. The minimum atomic E-state index is -1.49. The van der Waals surface area contributed by atoms with Gasteiger partial charge in [-0.15, -0.1) is 0 Å². The van der Waals surface area contributed by atoms with Crippen LogP contribution >= 0.6 is 0 Å². The number of pyridine rings is 1. The monoisotopic (exact) mass is 194 g/mol. The third kappa shape index (κ3) is 2.55. The van der Waals surface area contributed by atoms with E-state index in [4.69, 9.17) is 5.11 Å². The summed E-state index contributed by atoms with van der Waals surface area (Å²) >= 11 is 0. The number of carboxylic acids is 1. The van der Waals surface area contributed by atoms with E-state index in [1.165, 1.54) is 0 Å². The van der Waals surface area contributed by atoms with Gasteiger partial charge in [0.15, 0.2) is 0 Å². The summed E-state index contributed by atoms with van der Waals surface area (Å²) < 4.78 is 0. The zero-order chi connectivity index (χ0) is 10.6. The van der Waals surface area contributed by atoms with E-state index in [-0.39, 0.29) is 0 Å². The van der Waals surface area contributed by atoms with Crippen molar-refractivity contribution in [2.45, 2.75) is 13.0 Å². The van der Waals surface area contributed by atoms with E-state index in [0.717, 1.165) is 0 Å². The van der Waals surface area contributed by atoms with Crippen LogP contribution in [0.5, 0.6) is 0 Å². The number of carbonyl (C=O) groups excluding carboxylic acids is 1. The molecule has 5 heteroatoms. The van der Waals surface area contributed by atoms with Gasteiger partial charge in [0.25, 0.3) is 0 Å². The largest absolute Gasteiger partial charge is 0.474 e. The number of carbonyl (C=O) groups is 2. The molecule has 1 heterocycles. The number of aliphatic carboxylic acids is 1. The van der Waals surface area contributed by atoms with E-state index < -0.39 is 17.9 Å². The molecule has 5 nitrogen and oxygen atoms in total. The average molecular weight is 194 g/mol. The Bertz CT molecular complexity index is 337. The second-order valence-electron chi connectivity index (χ2n) is 2.75. The van der Waals surface area contributed by atoms with Crippen LogP contribution in [0.4, 0.5) is 0 Å². The highest BCUT2D eigenvalue weighted by atomic mass is 16.4. The SMILES string of the molecule is C[C@H](NC(=O)C(=O)O)c1ccccn1. The van der Waals surface area contributed by atoms with Gasteiger partial charge in [0.05, 0.1) is 11.7 Å². The molecule has 0 spiro atoms. The molecule has 1 aromatic heterocycles. The lowest BCUT2D eigenvalue weighted by molar-refractivity contribution is -0.150. The first-order chi connectivity index (χ1) is 6.61. The van der Waals surface area contributed by atoms with Crippen molar-refractivity contribution in [1.82, 2.24) is 10.3 Å². The highest BCUT2D eigenvalue weighted by Gasteiger charge is 2.15. The first-order valence-corrected chi connectivity index (χ1v) is 4.06. The number of aromatic nitrogens is 1. The van der Waals surface area contributed by atoms with Crippen LogP contribution in [-0.2, 0) is 9.59 Å². The summed E-state index contributed by atoms with van der Waals surface area (Å²) in [7, 11) is 0. The molecule has 0 aliphatic rings. The van der Waals surface area contributed by atoms with Crippen LogP contribution in [0.1, 0.15) is 18.7 Å². The van der Waals surface area contributed by atoms with Crippen LogP contribution < -0.4 is 5.32 Å². The third-order valence-corrected chi connectivity index (χ3v) is 1.67. The molecule has 2 N–H and O–H groups in total. The Morgan fingerprint density at radius 2 is 2.21 bits per heavy atom. The first kappa shape index (κ1) is 10.2. The Labute approximate surface area is 80.8 Å². The number of hydrogen-bond acceptors (Lipinski definition) is 3. The van der Waals surface area contributed by atoms with Crippen LogP contribution in [0, 0.1) is 0 Å². The van der Waals surface area contributed by atoms with Gasteiger partial charge in [-0.3, -0.25) is 9.78 Å². The lowest BCUT2D eigenvalue weighted by atomic mass is 10.2. The predicted octanol–water partition coefficient (Wildman–Crippen LogP) is 0.343.